The molecule has 1 rings (SSSR count). The van der Waals surface area contributed by atoms with E-state index in [1.807, 2.05) is 0 Å². The molecule has 1 aliphatic carbocycles. The van der Waals surface area contributed by atoms with Gasteiger partial charge in [0, 0.05) is 18.4 Å². The Kier molecular flexibility index (Phi) is 2.10. The largest absolute Gasteiger partial charge is 0.393 e. The van der Waals surface area contributed by atoms with Crippen LogP contribution in [-0.2, 0) is 0 Å². The predicted molar refractivity (Wildman–Crippen MR) is 38.2 cm³/mol. The topological polar surface area (TPSA) is 40.5 Å². The summed E-state index contributed by atoms with van der Waals surface area (Å²) in [7, 11) is 0. The van der Waals surface area contributed by atoms with Crippen LogP contribution >= 0.6 is 0 Å². The van der Waals surface area contributed by atoms with Crippen molar-refractivity contribution in [1.29, 1.82) is 0 Å². The average Bonchev–Trinajstić information content (AvgIpc) is 1.85. The summed E-state index contributed by atoms with van der Waals surface area (Å²) < 4.78 is 0. The zero-order chi connectivity index (χ0) is 7.56. The van der Waals surface area contributed by atoms with Gasteiger partial charge in [-0.15, -0.1) is 6.42 Å². The first-order valence-corrected chi connectivity index (χ1v) is 3.26. The van der Waals surface area contributed by atoms with Gasteiger partial charge in [-0.1, -0.05) is 5.92 Å². The van der Waals surface area contributed by atoms with Crippen molar-refractivity contribution in [1.82, 2.24) is 0 Å². The van der Waals surface area contributed by atoms with E-state index in [2.05, 4.69) is 5.92 Å². The third kappa shape index (κ3) is 1.60. The highest BCUT2D eigenvalue weighted by Gasteiger charge is 2.17. The van der Waals surface area contributed by atoms with E-state index >= 15 is 0 Å². The van der Waals surface area contributed by atoms with Crippen LogP contribution in [0.1, 0.15) is 12.8 Å². The highest BCUT2D eigenvalue weighted by atomic mass is 16.3. The first-order valence-electron chi connectivity index (χ1n) is 3.26. The van der Waals surface area contributed by atoms with Crippen LogP contribution in [0.4, 0.5) is 0 Å². The Balaban J connectivity index is 2.68. The molecule has 0 saturated carbocycles. The minimum atomic E-state index is -0.560. The lowest BCUT2D eigenvalue weighted by atomic mass is 9.95. The third-order valence-electron chi connectivity index (χ3n) is 1.55. The van der Waals surface area contributed by atoms with E-state index in [1.165, 1.54) is 0 Å². The molecular formula is C8H10O2. The van der Waals surface area contributed by atoms with Crippen LogP contribution in [0.15, 0.2) is 11.6 Å². The minimum absolute atomic E-state index is 0.408. The third-order valence-corrected chi connectivity index (χ3v) is 1.55. The maximum atomic E-state index is 9.08. The molecule has 0 aliphatic heterocycles. The van der Waals surface area contributed by atoms with Gasteiger partial charge in [0.2, 0.25) is 0 Å². The van der Waals surface area contributed by atoms with Gasteiger partial charge in [-0.3, -0.25) is 0 Å². The normalized spacial score (nSPS) is 32.7. The first kappa shape index (κ1) is 7.33. The van der Waals surface area contributed by atoms with Crippen LogP contribution in [-0.4, -0.2) is 22.4 Å². The van der Waals surface area contributed by atoms with Gasteiger partial charge in [-0.2, -0.15) is 0 Å². The van der Waals surface area contributed by atoms with Crippen LogP contribution in [0.25, 0.3) is 0 Å². The van der Waals surface area contributed by atoms with Crippen molar-refractivity contribution in [2.24, 2.45) is 0 Å². The lowest BCUT2D eigenvalue weighted by Crippen LogP contribution is -2.21. The Morgan fingerprint density at radius 3 is 2.80 bits per heavy atom. The number of terminal acetylenes is 1. The quantitative estimate of drug-likeness (QED) is 0.465. The van der Waals surface area contributed by atoms with Crippen molar-refractivity contribution in [3.05, 3.63) is 11.6 Å². The van der Waals surface area contributed by atoms with Crippen molar-refractivity contribution in [3.63, 3.8) is 0 Å². The number of hydrogen-bond acceptors (Lipinski definition) is 2. The van der Waals surface area contributed by atoms with Crippen molar-refractivity contribution >= 4 is 0 Å². The number of aliphatic hydroxyl groups excluding tert-OH is 2. The molecule has 0 radical (unpaired) electrons. The molecule has 0 fully saturated rings. The van der Waals surface area contributed by atoms with Gasteiger partial charge in [0.15, 0.2) is 0 Å². The molecule has 10 heavy (non-hydrogen) atoms. The molecular weight excluding hydrogens is 128 g/mol. The average molecular weight is 138 g/mol. The number of rotatable bonds is 0. The summed E-state index contributed by atoms with van der Waals surface area (Å²) in [5.41, 5.74) is 0.700. The lowest BCUT2D eigenvalue weighted by Gasteiger charge is -2.18. The zero-order valence-corrected chi connectivity index (χ0v) is 5.62. The van der Waals surface area contributed by atoms with E-state index in [0.29, 0.717) is 18.4 Å². The van der Waals surface area contributed by atoms with Gasteiger partial charge in [0.05, 0.1) is 12.2 Å². The van der Waals surface area contributed by atoms with Crippen LogP contribution in [0, 0.1) is 12.3 Å². The summed E-state index contributed by atoms with van der Waals surface area (Å²) in [5.74, 6) is 2.41. The Morgan fingerprint density at radius 1 is 1.60 bits per heavy atom. The molecule has 2 heteroatoms. The second kappa shape index (κ2) is 2.87. The van der Waals surface area contributed by atoms with E-state index < -0.39 is 12.2 Å². The number of hydrogen-bond donors (Lipinski definition) is 2. The second-order valence-corrected chi connectivity index (χ2v) is 2.50. The fraction of sp³-hybridized carbons (Fsp3) is 0.500. The summed E-state index contributed by atoms with van der Waals surface area (Å²) in [6.07, 6.45) is 6.59. The Bertz CT molecular complexity index is 188. The molecule has 54 valence electrons. The summed E-state index contributed by atoms with van der Waals surface area (Å²) in [6, 6.07) is 0. The van der Waals surface area contributed by atoms with Crippen LogP contribution in [0.2, 0.25) is 0 Å². The van der Waals surface area contributed by atoms with Gasteiger partial charge < -0.3 is 10.2 Å². The van der Waals surface area contributed by atoms with Gasteiger partial charge in [-0.05, 0) is 6.08 Å². The molecule has 0 aromatic carbocycles. The minimum Gasteiger partial charge on any atom is -0.393 e. The van der Waals surface area contributed by atoms with E-state index in [9.17, 15) is 0 Å². The predicted octanol–water partition coefficient (Wildman–Crippen LogP) is 0.0616. The zero-order valence-electron chi connectivity index (χ0n) is 5.62. The summed E-state index contributed by atoms with van der Waals surface area (Å²) in [4.78, 5) is 0. The molecule has 0 heterocycles. The standard InChI is InChI=1S/C8H10O2/c1-2-6-3-7(9)5-8(10)4-6/h1,3,7-10H,4-5H2/t7-,8+/m1/s1. The Labute approximate surface area is 60.2 Å². The lowest BCUT2D eigenvalue weighted by molar-refractivity contribution is 0.0953. The molecule has 0 amide bonds. The van der Waals surface area contributed by atoms with Gasteiger partial charge in [0.25, 0.3) is 0 Å². The first-order chi connectivity index (χ1) is 4.72. The molecule has 2 atom stereocenters. The summed E-state index contributed by atoms with van der Waals surface area (Å²) in [5, 5.41) is 18.1. The Morgan fingerprint density at radius 2 is 2.30 bits per heavy atom. The van der Waals surface area contributed by atoms with Crippen LogP contribution in [0.5, 0.6) is 0 Å². The maximum Gasteiger partial charge on any atom is 0.0757 e. The van der Waals surface area contributed by atoms with E-state index in [-0.39, 0.29) is 0 Å². The van der Waals surface area contributed by atoms with Crippen molar-refractivity contribution < 1.29 is 10.2 Å². The molecule has 0 unspecified atom stereocenters. The second-order valence-electron chi connectivity index (χ2n) is 2.50. The van der Waals surface area contributed by atoms with E-state index in [0.717, 1.165) is 0 Å². The van der Waals surface area contributed by atoms with Gasteiger partial charge >= 0.3 is 0 Å². The SMILES string of the molecule is C#CC1=C[C@@H](O)C[C@@H](O)C1. The molecule has 0 aromatic heterocycles. The van der Waals surface area contributed by atoms with Gasteiger partial charge in [0.1, 0.15) is 0 Å². The monoisotopic (exact) mass is 138 g/mol. The van der Waals surface area contributed by atoms with Crippen LogP contribution < -0.4 is 0 Å². The fourth-order valence-electron chi connectivity index (χ4n) is 1.09. The Hall–Kier alpha value is -0.780. The molecule has 0 aromatic rings. The highest BCUT2D eigenvalue weighted by Crippen LogP contribution is 2.17. The van der Waals surface area contributed by atoms with Crippen molar-refractivity contribution in [2.75, 3.05) is 0 Å². The van der Waals surface area contributed by atoms with Crippen molar-refractivity contribution in [3.8, 4) is 12.3 Å². The van der Waals surface area contributed by atoms with E-state index in [4.69, 9.17) is 16.6 Å². The molecule has 2 nitrogen and oxygen atoms in total. The highest BCUT2D eigenvalue weighted by molar-refractivity contribution is 5.28. The smallest absolute Gasteiger partial charge is 0.0757 e. The molecule has 1 aliphatic rings. The molecule has 0 saturated heterocycles. The van der Waals surface area contributed by atoms with E-state index in [1.54, 1.807) is 6.08 Å². The fourth-order valence-corrected chi connectivity index (χ4v) is 1.09. The van der Waals surface area contributed by atoms with Crippen LogP contribution in [0.3, 0.4) is 0 Å². The molecule has 0 bridgehead atoms. The van der Waals surface area contributed by atoms with Crippen molar-refractivity contribution in [2.45, 2.75) is 25.0 Å². The summed E-state index contributed by atoms with van der Waals surface area (Å²) >= 11 is 0. The van der Waals surface area contributed by atoms with Gasteiger partial charge in [-0.25, -0.2) is 0 Å². The molecule has 0 spiro atoms. The number of aliphatic hydroxyl groups is 2. The summed E-state index contributed by atoms with van der Waals surface area (Å²) in [6.45, 7) is 0. The maximum absolute atomic E-state index is 9.08. The molecule has 2 N–H and O–H groups in total.